The minimum atomic E-state index is -3.57. The Morgan fingerprint density at radius 2 is 1.50 bits per heavy atom. The van der Waals surface area contributed by atoms with Crippen LogP contribution in [0.15, 0.2) is 108 Å². The standard InChI is InChI=1S/C32H33ClN4O4S/c1-2-36-42(40,41)29-15-10-24(11-16-29)12-17-30(38)37(23-26-8-13-28(33)14-9-26)31(27-6-4-3-5-7-27)32(39)35-22-25-18-20-34-21-19-25/h3-11,13-16,18-21,31,36H,2,12,17,22-23H2,1H3,(H,35,39). The highest BCUT2D eigenvalue weighted by molar-refractivity contribution is 7.89. The van der Waals surface area contributed by atoms with E-state index in [9.17, 15) is 18.0 Å². The van der Waals surface area contributed by atoms with Gasteiger partial charge in [-0.1, -0.05) is 73.1 Å². The molecule has 10 heteroatoms. The van der Waals surface area contributed by atoms with Crippen LogP contribution < -0.4 is 10.0 Å². The average molecular weight is 605 g/mol. The number of sulfonamides is 1. The number of halogens is 1. The molecule has 0 radical (unpaired) electrons. The molecule has 1 unspecified atom stereocenters. The van der Waals surface area contributed by atoms with E-state index in [1.807, 2.05) is 54.6 Å². The Kier molecular flexibility index (Phi) is 10.8. The van der Waals surface area contributed by atoms with Gasteiger partial charge in [0.05, 0.1) is 4.90 Å². The Morgan fingerprint density at radius 3 is 2.14 bits per heavy atom. The molecule has 2 N–H and O–H groups in total. The van der Waals surface area contributed by atoms with E-state index in [0.29, 0.717) is 23.6 Å². The number of carbonyl (C=O) groups is 2. The molecule has 0 saturated carbocycles. The minimum absolute atomic E-state index is 0.119. The number of rotatable bonds is 13. The van der Waals surface area contributed by atoms with Gasteiger partial charge in [-0.3, -0.25) is 14.6 Å². The second kappa shape index (κ2) is 14.7. The molecule has 0 aliphatic carbocycles. The molecule has 0 fully saturated rings. The lowest BCUT2D eigenvalue weighted by molar-refractivity contribution is -0.141. The lowest BCUT2D eigenvalue weighted by Gasteiger charge is -2.32. The molecule has 0 bridgehead atoms. The van der Waals surface area contributed by atoms with Crippen LogP contribution in [-0.2, 0) is 39.1 Å². The minimum Gasteiger partial charge on any atom is -0.350 e. The summed E-state index contributed by atoms with van der Waals surface area (Å²) in [4.78, 5) is 33.4. The number of carbonyl (C=O) groups excluding carboxylic acids is 2. The second-order valence-corrected chi connectivity index (χ2v) is 11.9. The fraction of sp³-hybridized carbons (Fsp3) is 0.219. The topological polar surface area (TPSA) is 108 Å². The molecule has 8 nitrogen and oxygen atoms in total. The molecule has 0 saturated heterocycles. The maximum absolute atomic E-state index is 13.9. The van der Waals surface area contributed by atoms with Crippen molar-refractivity contribution in [2.75, 3.05) is 6.54 Å². The van der Waals surface area contributed by atoms with Gasteiger partial charge >= 0.3 is 0 Å². The summed E-state index contributed by atoms with van der Waals surface area (Å²) in [6.45, 7) is 2.49. The lowest BCUT2D eigenvalue weighted by atomic mass is 10.0. The van der Waals surface area contributed by atoms with E-state index in [0.717, 1.165) is 16.7 Å². The molecule has 218 valence electrons. The predicted octanol–water partition coefficient (Wildman–Crippen LogP) is 5.05. The quantitative estimate of drug-likeness (QED) is 0.222. The molecule has 1 atom stereocenters. The van der Waals surface area contributed by atoms with Gasteiger partial charge < -0.3 is 10.2 Å². The number of hydrogen-bond donors (Lipinski definition) is 2. The molecule has 0 aliphatic heterocycles. The van der Waals surface area contributed by atoms with Gasteiger partial charge in [-0.25, -0.2) is 13.1 Å². The smallest absolute Gasteiger partial charge is 0.247 e. The number of pyridine rings is 1. The van der Waals surface area contributed by atoms with Crippen molar-refractivity contribution >= 4 is 33.4 Å². The number of aryl methyl sites for hydroxylation is 1. The molecule has 4 aromatic rings. The summed E-state index contributed by atoms with van der Waals surface area (Å²) in [5, 5.41) is 3.56. The number of nitrogens with one attached hydrogen (secondary N) is 2. The Hall–Kier alpha value is -4.05. The number of hydrogen-bond acceptors (Lipinski definition) is 5. The van der Waals surface area contributed by atoms with Crippen LogP contribution in [0.25, 0.3) is 0 Å². The maximum Gasteiger partial charge on any atom is 0.247 e. The van der Waals surface area contributed by atoms with Crippen LogP contribution in [0.3, 0.4) is 0 Å². The molecule has 4 rings (SSSR count). The van der Waals surface area contributed by atoms with Crippen molar-refractivity contribution in [1.29, 1.82) is 0 Å². The Balaban J connectivity index is 1.59. The molecule has 0 spiro atoms. The first kappa shape index (κ1) is 30.9. The molecule has 0 aliphatic rings. The van der Waals surface area contributed by atoms with Gasteiger partial charge in [0.25, 0.3) is 0 Å². The van der Waals surface area contributed by atoms with Crippen molar-refractivity contribution in [3.8, 4) is 0 Å². The van der Waals surface area contributed by atoms with Crippen LogP contribution in [0, 0.1) is 0 Å². The predicted molar refractivity (Wildman–Crippen MR) is 163 cm³/mol. The van der Waals surface area contributed by atoms with Crippen LogP contribution in [-0.4, -0.2) is 36.7 Å². The summed E-state index contributed by atoms with van der Waals surface area (Å²) in [7, 11) is -3.57. The summed E-state index contributed by atoms with van der Waals surface area (Å²) in [6.07, 6.45) is 3.81. The third-order valence-corrected chi connectivity index (χ3v) is 8.49. The number of benzene rings is 3. The van der Waals surface area contributed by atoms with E-state index < -0.39 is 16.1 Å². The highest BCUT2D eigenvalue weighted by atomic mass is 35.5. The maximum atomic E-state index is 13.9. The van der Waals surface area contributed by atoms with E-state index in [1.165, 1.54) is 12.1 Å². The van der Waals surface area contributed by atoms with Gasteiger partial charge in [-0.15, -0.1) is 0 Å². The fourth-order valence-corrected chi connectivity index (χ4v) is 5.68. The van der Waals surface area contributed by atoms with E-state index in [4.69, 9.17) is 11.6 Å². The number of amides is 2. The highest BCUT2D eigenvalue weighted by Gasteiger charge is 2.31. The van der Waals surface area contributed by atoms with Gasteiger partial charge in [0, 0.05) is 43.5 Å². The third-order valence-electron chi connectivity index (χ3n) is 6.67. The van der Waals surface area contributed by atoms with Crippen LogP contribution in [0.5, 0.6) is 0 Å². The summed E-state index contributed by atoms with van der Waals surface area (Å²) in [5.74, 6) is -0.527. The molecule has 42 heavy (non-hydrogen) atoms. The molecule has 2 amide bonds. The van der Waals surface area contributed by atoms with Crippen molar-refractivity contribution in [3.05, 3.63) is 131 Å². The normalized spacial score (nSPS) is 12.0. The lowest BCUT2D eigenvalue weighted by Crippen LogP contribution is -2.43. The molecule has 1 aromatic heterocycles. The van der Waals surface area contributed by atoms with Crippen LogP contribution in [0.4, 0.5) is 0 Å². The zero-order valence-electron chi connectivity index (χ0n) is 23.2. The van der Waals surface area contributed by atoms with Crippen LogP contribution >= 0.6 is 11.6 Å². The second-order valence-electron chi connectivity index (χ2n) is 9.68. The Morgan fingerprint density at radius 1 is 0.857 bits per heavy atom. The summed E-state index contributed by atoms with van der Waals surface area (Å²) < 4.78 is 27.1. The number of aromatic nitrogens is 1. The monoisotopic (exact) mass is 604 g/mol. The van der Waals surface area contributed by atoms with Gasteiger partial charge in [0.15, 0.2) is 0 Å². The first-order chi connectivity index (χ1) is 20.3. The van der Waals surface area contributed by atoms with Gasteiger partial charge in [0.2, 0.25) is 21.8 Å². The largest absolute Gasteiger partial charge is 0.350 e. The van der Waals surface area contributed by atoms with Crippen molar-refractivity contribution in [2.24, 2.45) is 0 Å². The van der Waals surface area contributed by atoms with Crippen molar-refractivity contribution in [1.82, 2.24) is 19.9 Å². The van der Waals surface area contributed by atoms with E-state index in [-0.39, 0.29) is 36.2 Å². The first-order valence-electron chi connectivity index (χ1n) is 13.6. The summed E-state index contributed by atoms with van der Waals surface area (Å²) >= 11 is 6.10. The molecular weight excluding hydrogens is 572 g/mol. The van der Waals surface area contributed by atoms with Gasteiger partial charge in [0.1, 0.15) is 6.04 Å². The Labute approximate surface area is 251 Å². The molecule has 1 heterocycles. The highest BCUT2D eigenvalue weighted by Crippen LogP contribution is 2.26. The van der Waals surface area contributed by atoms with Crippen molar-refractivity contribution in [2.45, 2.75) is 43.8 Å². The zero-order chi connectivity index (χ0) is 30.0. The van der Waals surface area contributed by atoms with E-state index >= 15 is 0 Å². The van der Waals surface area contributed by atoms with Gasteiger partial charge in [-0.2, -0.15) is 0 Å². The summed E-state index contributed by atoms with van der Waals surface area (Å²) in [5.41, 5.74) is 3.21. The molecule has 3 aromatic carbocycles. The zero-order valence-corrected chi connectivity index (χ0v) is 24.8. The van der Waals surface area contributed by atoms with E-state index in [2.05, 4.69) is 15.0 Å². The average Bonchev–Trinajstić information content (AvgIpc) is 3.01. The van der Waals surface area contributed by atoms with E-state index in [1.54, 1.807) is 48.5 Å². The number of nitrogens with zero attached hydrogens (tertiary/aromatic N) is 2. The summed E-state index contributed by atoms with van der Waals surface area (Å²) in [6, 6.07) is 25.6. The van der Waals surface area contributed by atoms with Gasteiger partial charge in [-0.05, 0) is 65.1 Å². The third kappa shape index (κ3) is 8.48. The van der Waals surface area contributed by atoms with Crippen LogP contribution in [0.2, 0.25) is 5.02 Å². The van der Waals surface area contributed by atoms with Crippen molar-refractivity contribution in [3.63, 3.8) is 0 Å². The SMILES string of the molecule is CCNS(=O)(=O)c1ccc(CCC(=O)N(Cc2ccc(Cl)cc2)C(C(=O)NCc2ccncc2)c2ccccc2)cc1. The first-order valence-corrected chi connectivity index (χ1v) is 15.5. The van der Waals surface area contributed by atoms with Crippen molar-refractivity contribution < 1.29 is 18.0 Å². The fourth-order valence-electron chi connectivity index (χ4n) is 4.51. The van der Waals surface area contributed by atoms with Crippen LogP contribution in [0.1, 0.15) is 41.6 Å². The molecular formula is C32H33ClN4O4S. The Bertz CT molecular complexity index is 1570.